The van der Waals surface area contributed by atoms with Crippen molar-refractivity contribution in [3.05, 3.63) is 47.4 Å². The summed E-state index contributed by atoms with van der Waals surface area (Å²) in [6, 6.07) is 7.79. The van der Waals surface area contributed by atoms with E-state index in [1.165, 1.54) is 6.33 Å². The van der Waals surface area contributed by atoms with Gasteiger partial charge in [0.05, 0.1) is 11.6 Å². The Balaban J connectivity index is 2.10. The van der Waals surface area contributed by atoms with Crippen molar-refractivity contribution in [3.63, 3.8) is 0 Å². The molecular formula is C14H16ClN3OS. The summed E-state index contributed by atoms with van der Waals surface area (Å²) in [5.74, 6) is 0. The molecule has 106 valence electrons. The molecule has 0 unspecified atom stereocenters. The molecule has 0 amide bonds. The molecule has 0 aliphatic rings. The minimum atomic E-state index is 0.689. The highest BCUT2D eigenvalue weighted by Gasteiger charge is 2.09. The zero-order valence-corrected chi connectivity index (χ0v) is 12.7. The molecule has 4 nitrogen and oxygen atoms in total. The fourth-order valence-electron chi connectivity index (χ4n) is 1.65. The third-order valence-electron chi connectivity index (χ3n) is 2.61. The van der Waals surface area contributed by atoms with Crippen LogP contribution in [0.2, 0.25) is 5.02 Å². The zero-order valence-electron chi connectivity index (χ0n) is 11.2. The molecular weight excluding hydrogens is 294 g/mol. The van der Waals surface area contributed by atoms with Gasteiger partial charge in [-0.1, -0.05) is 35.5 Å². The molecule has 0 fully saturated rings. The lowest BCUT2D eigenvalue weighted by Crippen LogP contribution is -2.18. The summed E-state index contributed by atoms with van der Waals surface area (Å²) >= 11 is 7.85. The Morgan fingerprint density at radius 3 is 3.00 bits per heavy atom. The molecule has 0 saturated heterocycles. The maximum Gasteiger partial charge on any atom is 0.116 e. The lowest BCUT2D eigenvalue weighted by Gasteiger charge is -2.11. The lowest BCUT2D eigenvalue weighted by molar-refractivity contribution is 0.199. The fraction of sp³-hybridized carbons (Fsp3) is 0.286. The van der Waals surface area contributed by atoms with Gasteiger partial charge in [0, 0.05) is 31.3 Å². The predicted molar refractivity (Wildman–Crippen MR) is 81.2 cm³/mol. The van der Waals surface area contributed by atoms with E-state index in [-0.39, 0.29) is 0 Å². The van der Waals surface area contributed by atoms with Gasteiger partial charge in [-0.3, -0.25) is 0 Å². The summed E-state index contributed by atoms with van der Waals surface area (Å²) in [5, 5.41) is 4.94. The first kappa shape index (κ1) is 15.3. The number of methoxy groups -OCH3 is 1. The van der Waals surface area contributed by atoms with E-state index in [9.17, 15) is 0 Å². The van der Waals surface area contributed by atoms with Gasteiger partial charge in [0.15, 0.2) is 0 Å². The van der Waals surface area contributed by atoms with Crippen LogP contribution in [0, 0.1) is 0 Å². The number of ether oxygens (including phenoxy) is 1. The van der Waals surface area contributed by atoms with E-state index < -0.39 is 0 Å². The SMILES string of the molecule is COCCNCc1cccc(Cl)c1Sc1ccncn1. The number of rotatable bonds is 7. The van der Waals surface area contributed by atoms with Gasteiger partial charge in [0.25, 0.3) is 0 Å². The monoisotopic (exact) mass is 309 g/mol. The Kier molecular flexibility index (Phi) is 6.26. The number of nitrogens with one attached hydrogen (secondary N) is 1. The van der Waals surface area contributed by atoms with Crippen molar-refractivity contribution < 1.29 is 4.74 Å². The number of hydrogen-bond acceptors (Lipinski definition) is 5. The summed E-state index contributed by atoms with van der Waals surface area (Å²) in [6.45, 7) is 2.24. The van der Waals surface area contributed by atoms with E-state index in [2.05, 4.69) is 21.4 Å². The van der Waals surface area contributed by atoms with Crippen LogP contribution in [-0.4, -0.2) is 30.2 Å². The molecule has 1 aromatic carbocycles. The van der Waals surface area contributed by atoms with E-state index in [1.54, 1.807) is 25.1 Å². The number of benzene rings is 1. The zero-order chi connectivity index (χ0) is 14.2. The Hall–Kier alpha value is -1.14. The average Bonchev–Trinajstić information content (AvgIpc) is 2.48. The van der Waals surface area contributed by atoms with Crippen LogP contribution < -0.4 is 5.32 Å². The predicted octanol–water partition coefficient (Wildman–Crippen LogP) is 3.02. The summed E-state index contributed by atoms with van der Waals surface area (Å²) in [4.78, 5) is 9.16. The highest BCUT2D eigenvalue weighted by atomic mass is 35.5. The van der Waals surface area contributed by atoms with E-state index in [4.69, 9.17) is 16.3 Å². The van der Waals surface area contributed by atoms with Crippen molar-refractivity contribution in [1.82, 2.24) is 15.3 Å². The molecule has 0 spiro atoms. The smallest absolute Gasteiger partial charge is 0.116 e. The van der Waals surface area contributed by atoms with E-state index in [0.29, 0.717) is 6.61 Å². The van der Waals surface area contributed by atoms with E-state index in [1.807, 2.05) is 18.2 Å². The van der Waals surface area contributed by atoms with Crippen molar-refractivity contribution >= 4 is 23.4 Å². The maximum absolute atomic E-state index is 6.30. The molecule has 1 heterocycles. The van der Waals surface area contributed by atoms with Crippen LogP contribution in [0.3, 0.4) is 0 Å². The molecule has 1 N–H and O–H groups in total. The molecule has 2 aromatic rings. The largest absolute Gasteiger partial charge is 0.383 e. The third kappa shape index (κ3) is 4.45. The highest BCUT2D eigenvalue weighted by Crippen LogP contribution is 2.34. The van der Waals surface area contributed by atoms with Gasteiger partial charge in [-0.25, -0.2) is 9.97 Å². The summed E-state index contributed by atoms with van der Waals surface area (Å²) < 4.78 is 5.02. The van der Waals surface area contributed by atoms with Gasteiger partial charge in [0.2, 0.25) is 0 Å². The van der Waals surface area contributed by atoms with E-state index in [0.717, 1.165) is 33.6 Å². The molecule has 1 aromatic heterocycles. The van der Waals surface area contributed by atoms with Gasteiger partial charge >= 0.3 is 0 Å². The van der Waals surface area contributed by atoms with Gasteiger partial charge in [0.1, 0.15) is 11.4 Å². The van der Waals surface area contributed by atoms with Crippen LogP contribution >= 0.6 is 23.4 Å². The summed E-state index contributed by atoms with van der Waals surface area (Å²) in [5.41, 5.74) is 1.15. The van der Waals surface area contributed by atoms with Crippen LogP contribution in [0.5, 0.6) is 0 Å². The van der Waals surface area contributed by atoms with Crippen LogP contribution in [-0.2, 0) is 11.3 Å². The van der Waals surface area contributed by atoms with E-state index >= 15 is 0 Å². The molecule has 2 rings (SSSR count). The Morgan fingerprint density at radius 2 is 2.25 bits per heavy atom. The maximum atomic E-state index is 6.30. The van der Waals surface area contributed by atoms with Crippen molar-refractivity contribution in [1.29, 1.82) is 0 Å². The van der Waals surface area contributed by atoms with Gasteiger partial charge in [-0.05, 0) is 17.7 Å². The quantitative estimate of drug-likeness (QED) is 0.629. The number of halogens is 1. The standard InChI is InChI=1S/C14H16ClN3OS/c1-19-8-7-16-9-11-3-2-4-12(15)14(11)20-13-5-6-17-10-18-13/h2-6,10,16H,7-9H2,1H3. The number of aromatic nitrogens is 2. The first-order valence-corrected chi connectivity index (χ1v) is 7.41. The Morgan fingerprint density at radius 1 is 1.35 bits per heavy atom. The second kappa shape index (κ2) is 8.21. The topological polar surface area (TPSA) is 47.0 Å². The molecule has 0 aliphatic heterocycles. The second-order valence-electron chi connectivity index (χ2n) is 4.05. The fourth-order valence-corrected chi connectivity index (χ4v) is 2.83. The van der Waals surface area contributed by atoms with Crippen LogP contribution in [0.4, 0.5) is 0 Å². The average molecular weight is 310 g/mol. The van der Waals surface area contributed by atoms with Gasteiger partial charge in [-0.15, -0.1) is 0 Å². The van der Waals surface area contributed by atoms with Gasteiger partial charge in [-0.2, -0.15) is 0 Å². The Labute approximate surface area is 127 Å². The molecule has 0 aliphatic carbocycles. The minimum absolute atomic E-state index is 0.689. The van der Waals surface area contributed by atoms with Crippen molar-refractivity contribution in [2.75, 3.05) is 20.3 Å². The molecule has 6 heteroatoms. The number of hydrogen-bond donors (Lipinski definition) is 1. The molecule has 0 saturated carbocycles. The minimum Gasteiger partial charge on any atom is -0.383 e. The third-order valence-corrected chi connectivity index (χ3v) is 4.17. The molecule has 0 bridgehead atoms. The summed E-state index contributed by atoms with van der Waals surface area (Å²) in [6.07, 6.45) is 3.26. The molecule has 0 radical (unpaired) electrons. The number of nitrogens with zero attached hydrogens (tertiary/aromatic N) is 2. The lowest BCUT2D eigenvalue weighted by atomic mass is 10.2. The first-order chi connectivity index (χ1) is 9.81. The van der Waals surface area contributed by atoms with Crippen LogP contribution in [0.1, 0.15) is 5.56 Å². The van der Waals surface area contributed by atoms with Gasteiger partial charge < -0.3 is 10.1 Å². The highest BCUT2D eigenvalue weighted by molar-refractivity contribution is 7.99. The Bertz CT molecular complexity index is 539. The molecule has 20 heavy (non-hydrogen) atoms. The van der Waals surface area contributed by atoms with Crippen molar-refractivity contribution in [2.45, 2.75) is 16.5 Å². The first-order valence-electron chi connectivity index (χ1n) is 6.22. The normalized spacial score (nSPS) is 10.7. The summed E-state index contributed by atoms with van der Waals surface area (Å²) in [7, 11) is 1.69. The molecule has 0 atom stereocenters. The van der Waals surface area contributed by atoms with Crippen molar-refractivity contribution in [2.24, 2.45) is 0 Å². The van der Waals surface area contributed by atoms with Crippen molar-refractivity contribution in [3.8, 4) is 0 Å². The second-order valence-corrected chi connectivity index (χ2v) is 5.49. The van der Waals surface area contributed by atoms with Crippen LogP contribution in [0.25, 0.3) is 0 Å². The van der Waals surface area contributed by atoms with Crippen LogP contribution in [0.15, 0.2) is 46.7 Å².